The summed E-state index contributed by atoms with van der Waals surface area (Å²) in [6.07, 6.45) is 0. The minimum absolute atomic E-state index is 0.822. The molecule has 0 unspecified atom stereocenters. The van der Waals surface area contributed by atoms with Gasteiger partial charge in [-0.05, 0) is 12.1 Å². The molecule has 3 aromatic carbocycles. The molecule has 0 aromatic heterocycles. The third-order valence-electron chi connectivity index (χ3n) is 3.54. The molecule has 1 nitrogen and oxygen atoms in total. The molecule has 0 saturated heterocycles. The van der Waals surface area contributed by atoms with Gasteiger partial charge < -0.3 is 5.73 Å². The predicted octanol–water partition coefficient (Wildman–Crippen LogP) is 1.52. The molecule has 0 spiro atoms. The Hall–Kier alpha value is -2.32. The third kappa shape index (κ3) is 2.65. The van der Waals surface area contributed by atoms with Crippen LogP contribution in [0.4, 0.5) is 5.69 Å². The Bertz CT molecular complexity index is 623. The van der Waals surface area contributed by atoms with E-state index in [0.29, 0.717) is 0 Å². The summed E-state index contributed by atoms with van der Waals surface area (Å²) in [6.45, 7) is 0. The molecule has 0 fully saturated rings. The van der Waals surface area contributed by atoms with Gasteiger partial charge in [0.1, 0.15) is 8.80 Å². The number of benzene rings is 3. The first-order valence-electron chi connectivity index (χ1n) is 6.80. The fourth-order valence-electron chi connectivity index (χ4n) is 2.56. The molecule has 2 heteroatoms. The molecule has 98 valence electrons. The number of nitrogens with two attached hydrogens (primary N) is 1. The van der Waals surface area contributed by atoms with Crippen molar-refractivity contribution in [3.8, 4) is 0 Å². The van der Waals surface area contributed by atoms with Crippen LogP contribution in [0.15, 0.2) is 84.9 Å². The van der Waals surface area contributed by atoms with Crippen molar-refractivity contribution in [1.82, 2.24) is 0 Å². The van der Waals surface area contributed by atoms with E-state index in [0.717, 1.165) is 5.69 Å². The second kappa shape index (κ2) is 5.76. The van der Waals surface area contributed by atoms with Crippen LogP contribution in [0.2, 0.25) is 0 Å². The highest BCUT2D eigenvalue weighted by Gasteiger charge is 2.17. The third-order valence-corrected chi connectivity index (χ3v) is 6.69. The van der Waals surface area contributed by atoms with Crippen LogP contribution in [0.5, 0.6) is 0 Å². The lowest BCUT2D eigenvalue weighted by Crippen LogP contribution is -2.51. The Kier molecular flexibility index (Phi) is 3.66. The van der Waals surface area contributed by atoms with Gasteiger partial charge in [0, 0.05) is 5.69 Å². The molecule has 3 aromatic rings. The zero-order valence-corrected chi connectivity index (χ0v) is 12.4. The van der Waals surface area contributed by atoms with Crippen molar-refractivity contribution >= 4 is 30.0 Å². The summed E-state index contributed by atoms with van der Waals surface area (Å²) in [5.74, 6) is 0. The van der Waals surface area contributed by atoms with Crippen molar-refractivity contribution in [3.05, 3.63) is 84.9 Å². The van der Waals surface area contributed by atoms with E-state index in [1.54, 1.807) is 0 Å². The first kappa shape index (κ1) is 12.7. The second-order valence-electron chi connectivity index (χ2n) is 4.92. The zero-order chi connectivity index (χ0) is 13.8. The Morgan fingerprint density at radius 2 is 0.900 bits per heavy atom. The van der Waals surface area contributed by atoms with E-state index in [4.69, 9.17) is 5.73 Å². The quantitative estimate of drug-likeness (QED) is 0.438. The highest BCUT2D eigenvalue weighted by molar-refractivity contribution is 6.95. The van der Waals surface area contributed by atoms with Crippen LogP contribution in [0, 0.1) is 0 Å². The molecule has 0 radical (unpaired) electrons. The highest BCUT2D eigenvalue weighted by Crippen LogP contribution is 2.00. The Balaban J connectivity index is 2.11. The molecular formula is C18H17NSi. The van der Waals surface area contributed by atoms with Gasteiger partial charge in [0.05, 0.1) is 0 Å². The first-order chi connectivity index (χ1) is 9.84. The van der Waals surface area contributed by atoms with Gasteiger partial charge in [0.2, 0.25) is 0 Å². The van der Waals surface area contributed by atoms with Gasteiger partial charge in [-0.1, -0.05) is 88.4 Å². The maximum atomic E-state index is 5.82. The predicted molar refractivity (Wildman–Crippen MR) is 89.8 cm³/mol. The van der Waals surface area contributed by atoms with Crippen LogP contribution in [0.25, 0.3) is 0 Å². The summed E-state index contributed by atoms with van der Waals surface area (Å²) in [5.41, 5.74) is 6.64. The molecule has 20 heavy (non-hydrogen) atoms. The number of rotatable bonds is 3. The molecule has 0 aliphatic carbocycles. The Morgan fingerprint density at radius 1 is 0.500 bits per heavy atom. The van der Waals surface area contributed by atoms with Crippen LogP contribution in [-0.2, 0) is 0 Å². The molecule has 0 bridgehead atoms. The van der Waals surface area contributed by atoms with Crippen LogP contribution >= 0.6 is 0 Å². The molecular weight excluding hydrogens is 258 g/mol. The Morgan fingerprint density at radius 3 is 1.35 bits per heavy atom. The van der Waals surface area contributed by atoms with Crippen LogP contribution < -0.4 is 21.3 Å². The van der Waals surface area contributed by atoms with Gasteiger partial charge in [0.15, 0.2) is 0 Å². The van der Waals surface area contributed by atoms with Gasteiger partial charge in [-0.2, -0.15) is 0 Å². The smallest absolute Gasteiger partial charge is 0.132 e. The van der Waals surface area contributed by atoms with Crippen LogP contribution in [0.1, 0.15) is 0 Å². The molecule has 0 atom stereocenters. The molecule has 0 aliphatic rings. The minimum atomic E-state index is -1.38. The fourth-order valence-corrected chi connectivity index (χ4v) is 5.50. The minimum Gasteiger partial charge on any atom is -0.399 e. The van der Waals surface area contributed by atoms with Crippen molar-refractivity contribution in [2.45, 2.75) is 0 Å². The first-order valence-corrected chi connectivity index (χ1v) is 8.53. The Labute approximate surface area is 121 Å². The molecule has 0 amide bonds. The number of hydrogen-bond donors (Lipinski definition) is 1. The topological polar surface area (TPSA) is 26.0 Å². The summed E-state index contributed by atoms with van der Waals surface area (Å²) in [7, 11) is -1.38. The molecule has 3 rings (SSSR count). The van der Waals surface area contributed by atoms with Gasteiger partial charge in [-0.3, -0.25) is 0 Å². The van der Waals surface area contributed by atoms with E-state index >= 15 is 0 Å². The largest absolute Gasteiger partial charge is 0.399 e. The molecule has 0 heterocycles. The van der Waals surface area contributed by atoms with Gasteiger partial charge in [-0.15, -0.1) is 0 Å². The van der Waals surface area contributed by atoms with Gasteiger partial charge in [0.25, 0.3) is 0 Å². The van der Waals surface area contributed by atoms with Crippen molar-refractivity contribution in [2.75, 3.05) is 5.73 Å². The summed E-state index contributed by atoms with van der Waals surface area (Å²) in [6, 6.07) is 29.9. The second-order valence-corrected chi connectivity index (χ2v) is 7.79. The summed E-state index contributed by atoms with van der Waals surface area (Å²) in [5, 5.41) is 4.27. The van der Waals surface area contributed by atoms with Crippen molar-refractivity contribution in [2.24, 2.45) is 0 Å². The van der Waals surface area contributed by atoms with E-state index in [1.165, 1.54) is 15.6 Å². The summed E-state index contributed by atoms with van der Waals surface area (Å²) < 4.78 is 0. The zero-order valence-electron chi connectivity index (χ0n) is 11.2. The SMILES string of the molecule is Nc1ccc([SiH](c2ccccc2)c2ccccc2)cc1. The number of anilines is 1. The molecule has 2 N–H and O–H groups in total. The van der Waals surface area contributed by atoms with Crippen LogP contribution in [0.3, 0.4) is 0 Å². The van der Waals surface area contributed by atoms with Gasteiger partial charge >= 0.3 is 0 Å². The van der Waals surface area contributed by atoms with E-state index in [2.05, 4.69) is 72.8 Å². The van der Waals surface area contributed by atoms with Crippen molar-refractivity contribution < 1.29 is 0 Å². The summed E-state index contributed by atoms with van der Waals surface area (Å²) in [4.78, 5) is 0. The monoisotopic (exact) mass is 275 g/mol. The lowest BCUT2D eigenvalue weighted by molar-refractivity contribution is 1.70. The number of hydrogen-bond acceptors (Lipinski definition) is 1. The van der Waals surface area contributed by atoms with E-state index in [-0.39, 0.29) is 0 Å². The summed E-state index contributed by atoms with van der Waals surface area (Å²) >= 11 is 0. The maximum Gasteiger partial charge on any atom is 0.132 e. The van der Waals surface area contributed by atoms with E-state index in [9.17, 15) is 0 Å². The number of nitrogen functional groups attached to an aromatic ring is 1. The highest BCUT2D eigenvalue weighted by atomic mass is 28.3. The maximum absolute atomic E-state index is 5.82. The van der Waals surface area contributed by atoms with E-state index in [1.807, 2.05) is 12.1 Å². The average Bonchev–Trinajstić information content (AvgIpc) is 2.52. The lowest BCUT2D eigenvalue weighted by atomic mass is 10.3. The normalized spacial score (nSPS) is 10.7. The van der Waals surface area contributed by atoms with Crippen molar-refractivity contribution in [3.63, 3.8) is 0 Å². The average molecular weight is 275 g/mol. The van der Waals surface area contributed by atoms with Crippen molar-refractivity contribution in [1.29, 1.82) is 0 Å². The standard InChI is InChI=1S/C18H17NSi/c19-15-11-13-18(14-12-15)20(16-7-3-1-4-8-16)17-9-5-2-6-10-17/h1-14,20H,19H2. The van der Waals surface area contributed by atoms with Crippen LogP contribution in [-0.4, -0.2) is 8.80 Å². The lowest BCUT2D eigenvalue weighted by Gasteiger charge is -2.17. The molecule has 0 aliphatic heterocycles. The fraction of sp³-hybridized carbons (Fsp3) is 0. The van der Waals surface area contributed by atoms with E-state index < -0.39 is 8.80 Å². The van der Waals surface area contributed by atoms with Gasteiger partial charge in [-0.25, -0.2) is 0 Å². The molecule has 0 saturated carbocycles.